The molecule has 16 heavy (non-hydrogen) atoms. The minimum atomic E-state index is 0.587. The van der Waals surface area contributed by atoms with Crippen LogP contribution in [0.15, 0.2) is 30.3 Å². The second kappa shape index (κ2) is 7.29. The van der Waals surface area contributed by atoms with Crippen molar-refractivity contribution in [2.24, 2.45) is 17.6 Å². The average Bonchev–Trinajstić information content (AvgIpc) is 2.28. The molecule has 0 heterocycles. The number of para-hydroxylation sites is 1. The maximum absolute atomic E-state index is 5.74. The van der Waals surface area contributed by atoms with Gasteiger partial charge in [-0.3, -0.25) is 0 Å². The van der Waals surface area contributed by atoms with Crippen molar-refractivity contribution < 1.29 is 4.74 Å². The minimum absolute atomic E-state index is 0.587. The lowest BCUT2D eigenvalue weighted by atomic mass is 9.95. The Hall–Kier alpha value is -1.02. The maximum atomic E-state index is 5.74. The van der Waals surface area contributed by atoms with Crippen LogP contribution in [0, 0.1) is 11.8 Å². The first-order valence-electron chi connectivity index (χ1n) is 6.10. The zero-order valence-corrected chi connectivity index (χ0v) is 10.4. The van der Waals surface area contributed by atoms with E-state index in [0.29, 0.717) is 11.8 Å². The lowest BCUT2D eigenvalue weighted by Gasteiger charge is -2.17. The highest BCUT2D eigenvalue weighted by Gasteiger charge is 2.09. The third-order valence-corrected chi connectivity index (χ3v) is 2.68. The van der Waals surface area contributed by atoms with Gasteiger partial charge in [0.2, 0.25) is 0 Å². The molecule has 90 valence electrons. The van der Waals surface area contributed by atoms with Crippen molar-refractivity contribution in [1.29, 1.82) is 0 Å². The molecule has 0 fully saturated rings. The summed E-state index contributed by atoms with van der Waals surface area (Å²) in [5.41, 5.74) is 5.74. The monoisotopic (exact) mass is 221 g/mol. The summed E-state index contributed by atoms with van der Waals surface area (Å²) in [5, 5.41) is 0. The lowest BCUT2D eigenvalue weighted by Crippen LogP contribution is -2.19. The molecular weight excluding hydrogens is 198 g/mol. The van der Waals surface area contributed by atoms with Gasteiger partial charge in [-0.2, -0.15) is 0 Å². The molecule has 0 saturated heterocycles. The van der Waals surface area contributed by atoms with Crippen LogP contribution in [0.2, 0.25) is 0 Å². The van der Waals surface area contributed by atoms with Gasteiger partial charge in [-0.15, -0.1) is 0 Å². The Morgan fingerprint density at radius 1 is 1.19 bits per heavy atom. The minimum Gasteiger partial charge on any atom is -0.494 e. The average molecular weight is 221 g/mol. The molecule has 1 rings (SSSR count). The van der Waals surface area contributed by atoms with Crippen molar-refractivity contribution in [2.75, 3.05) is 13.2 Å². The third kappa shape index (κ3) is 5.17. The topological polar surface area (TPSA) is 35.2 Å². The fourth-order valence-electron chi connectivity index (χ4n) is 1.86. The summed E-state index contributed by atoms with van der Waals surface area (Å²) in [6, 6.07) is 9.95. The van der Waals surface area contributed by atoms with Gasteiger partial charge in [0.25, 0.3) is 0 Å². The maximum Gasteiger partial charge on any atom is 0.119 e. The zero-order chi connectivity index (χ0) is 11.8. The number of hydrogen-bond donors (Lipinski definition) is 1. The molecule has 0 aliphatic carbocycles. The molecule has 0 bridgehead atoms. The van der Waals surface area contributed by atoms with Crippen LogP contribution < -0.4 is 10.5 Å². The molecule has 2 heteroatoms. The Balaban J connectivity index is 2.23. The predicted octanol–water partition coefficient (Wildman–Crippen LogP) is 3.08. The molecule has 2 nitrogen and oxygen atoms in total. The molecule has 0 aliphatic rings. The van der Waals surface area contributed by atoms with E-state index in [2.05, 4.69) is 13.8 Å². The van der Waals surface area contributed by atoms with Gasteiger partial charge in [-0.25, -0.2) is 0 Å². The van der Waals surface area contributed by atoms with Crippen molar-refractivity contribution in [2.45, 2.75) is 26.7 Å². The molecule has 1 atom stereocenters. The quantitative estimate of drug-likeness (QED) is 0.768. The smallest absolute Gasteiger partial charge is 0.119 e. The summed E-state index contributed by atoms with van der Waals surface area (Å²) < 4.78 is 5.66. The van der Waals surface area contributed by atoms with Gasteiger partial charge in [0.15, 0.2) is 0 Å². The summed E-state index contributed by atoms with van der Waals surface area (Å²) in [6.45, 7) is 6.00. The lowest BCUT2D eigenvalue weighted by molar-refractivity contribution is 0.264. The molecule has 0 saturated carbocycles. The van der Waals surface area contributed by atoms with Gasteiger partial charge < -0.3 is 10.5 Å². The van der Waals surface area contributed by atoms with E-state index in [9.17, 15) is 0 Å². The van der Waals surface area contributed by atoms with E-state index in [1.165, 1.54) is 6.42 Å². The summed E-state index contributed by atoms with van der Waals surface area (Å²) in [6.07, 6.45) is 2.23. The van der Waals surface area contributed by atoms with Crippen LogP contribution >= 0.6 is 0 Å². The highest BCUT2D eigenvalue weighted by atomic mass is 16.5. The van der Waals surface area contributed by atoms with E-state index in [-0.39, 0.29) is 0 Å². The van der Waals surface area contributed by atoms with Gasteiger partial charge >= 0.3 is 0 Å². The Labute approximate surface area is 98.8 Å². The van der Waals surface area contributed by atoms with Crippen LogP contribution in [0.5, 0.6) is 5.75 Å². The first-order chi connectivity index (χ1) is 7.72. The first-order valence-corrected chi connectivity index (χ1v) is 6.10. The van der Waals surface area contributed by atoms with Gasteiger partial charge in [0.05, 0.1) is 6.61 Å². The fourth-order valence-corrected chi connectivity index (χ4v) is 1.86. The normalized spacial score (nSPS) is 12.8. The van der Waals surface area contributed by atoms with Crippen molar-refractivity contribution in [3.63, 3.8) is 0 Å². The standard InChI is InChI=1S/C14H23NO/c1-12(2)10-13(11-15)8-9-16-14-6-4-3-5-7-14/h3-7,12-13H,8-11,15H2,1-2H3. The molecule has 0 spiro atoms. The van der Waals surface area contributed by atoms with E-state index in [4.69, 9.17) is 10.5 Å². The van der Waals surface area contributed by atoms with Gasteiger partial charge in [-0.05, 0) is 43.4 Å². The fraction of sp³-hybridized carbons (Fsp3) is 0.571. The van der Waals surface area contributed by atoms with Gasteiger partial charge in [-0.1, -0.05) is 32.0 Å². The van der Waals surface area contributed by atoms with Crippen LogP contribution in [0.25, 0.3) is 0 Å². The second-order valence-electron chi connectivity index (χ2n) is 4.68. The molecular formula is C14H23NO. The summed E-state index contributed by atoms with van der Waals surface area (Å²) >= 11 is 0. The summed E-state index contributed by atoms with van der Waals surface area (Å²) in [7, 11) is 0. The summed E-state index contributed by atoms with van der Waals surface area (Å²) in [5.74, 6) is 2.25. The van der Waals surface area contributed by atoms with Crippen molar-refractivity contribution in [1.82, 2.24) is 0 Å². The Morgan fingerprint density at radius 2 is 1.88 bits per heavy atom. The molecule has 0 aliphatic heterocycles. The van der Waals surface area contributed by atoms with E-state index < -0.39 is 0 Å². The highest BCUT2D eigenvalue weighted by Crippen LogP contribution is 2.15. The molecule has 1 aromatic rings. The van der Waals surface area contributed by atoms with Crippen molar-refractivity contribution in [3.05, 3.63) is 30.3 Å². The molecule has 1 unspecified atom stereocenters. The SMILES string of the molecule is CC(C)CC(CN)CCOc1ccccc1. The largest absolute Gasteiger partial charge is 0.494 e. The molecule has 0 radical (unpaired) electrons. The van der Waals surface area contributed by atoms with Gasteiger partial charge in [0.1, 0.15) is 5.75 Å². The van der Waals surface area contributed by atoms with Gasteiger partial charge in [0, 0.05) is 0 Å². The highest BCUT2D eigenvalue weighted by molar-refractivity contribution is 5.20. The number of hydrogen-bond acceptors (Lipinski definition) is 2. The second-order valence-corrected chi connectivity index (χ2v) is 4.68. The molecule has 0 amide bonds. The first kappa shape index (κ1) is 13.0. The van der Waals surface area contributed by atoms with Crippen LogP contribution in [0.4, 0.5) is 0 Å². The molecule has 0 aromatic heterocycles. The van der Waals surface area contributed by atoms with Crippen LogP contribution in [0.3, 0.4) is 0 Å². The predicted molar refractivity (Wildman–Crippen MR) is 68.6 cm³/mol. The van der Waals surface area contributed by atoms with Crippen molar-refractivity contribution >= 4 is 0 Å². The van der Waals surface area contributed by atoms with Crippen LogP contribution in [-0.2, 0) is 0 Å². The van der Waals surface area contributed by atoms with E-state index >= 15 is 0 Å². The molecule has 2 N–H and O–H groups in total. The summed E-state index contributed by atoms with van der Waals surface area (Å²) in [4.78, 5) is 0. The van der Waals surface area contributed by atoms with E-state index in [1.54, 1.807) is 0 Å². The van der Waals surface area contributed by atoms with E-state index in [1.807, 2.05) is 30.3 Å². The van der Waals surface area contributed by atoms with E-state index in [0.717, 1.165) is 25.3 Å². The Bertz CT molecular complexity index is 271. The Morgan fingerprint density at radius 3 is 2.44 bits per heavy atom. The van der Waals surface area contributed by atoms with Crippen LogP contribution in [-0.4, -0.2) is 13.2 Å². The zero-order valence-electron chi connectivity index (χ0n) is 10.4. The van der Waals surface area contributed by atoms with Crippen molar-refractivity contribution in [3.8, 4) is 5.75 Å². The Kier molecular flexibility index (Phi) is 5.94. The number of nitrogens with two attached hydrogens (primary N) is 1. The number of rotatable bonds is 7. The number of benzene rings is 1. The number of ether oxygens (including phenoxy) is 1. The molecule has 1 aromatic carbocycles. The third-order valence-electron chi connectivity index (χ3n) is 2.68. The van der Waals surface area contributed by atoms with Crippen LogP contribution in [0.1, 0.15) is 26.7 Å².